The van der Waals surface area contributed by atoms with E-state index in [-0.39, 0.29) is 11.3 Å². The fourth-order valence-electron chi connectivity index (χ4n) is 1.72. The number of sulfonamides is 1. The van der Waals surface area contributed by atoms with Gasteiger partial charge in [-0.25, -0.2) is 17.5 Å². The summed E-state index contributed by atoms with van der Waals surface area (Å²) in [7, 11) is -3.57. The molecule has 0 saturated carbocycles. The van der Waals surface area contributed by atoms with E-state index in [0.717, 1.165) is 6.07 Å². The van der Waals surface area contributed by atoms with E-state index in [0.29, 0.717) is 12.8 Å². The Morgan fingerprint density at radius 3 is 2.65 bits per heavy atom. The lowest BCUT2D eigenvalue weighted by Crippen LogP contribution is -2.41. The molecule has 1 rings (SSSR count). The maximum Gasteiger partial charge on any atom is 0.324 e. The van der Waals surface area contributed by atoms with Gasteiger partial charge in [-0.05, 0) is 25.5 Å². The summed E-state index contributed by atoms with van der Waals surface area (Å²) in [5, 5.41) is 0. The highest BCUT2D eigenvalue weighted by Gasteiger charge is 2.22. The molecule has 0 radical (unpaired) electrons. The molecular formula is C15H20FNO5S. The number of hydrogen-bond acceptors (Lipinski definition) is 5. The fourth-order valence-corrected chi connectivity index (χ4v) is 3.14. The topological polar surface area (TPSA) is 89.5 Å². The maximum absolute atomic E-state index is 13.0. The third kappa shape index (κ3) is 6.87. The summed E-state index contributed by atoms with van der Waals surface area (Å²) in [5.41, 5.74) is 0.0778. The van der Waals surface area contributed by atoms with Crippen molar-refractivity contribution < 1.29 is 27.1 Å². The summed E-state index contributed by atoms with van der Waals surface area (Å²) < 4.78 is 43.3. The van der Waals surface area contributed by atoms with Gasteiger partial charge in [0.15, 0.2) is 12.4 Å². The van der Waals surface area contributed by atoms with E-state index in [1.807, 2.05) is 6.92 Å². The molecule has 6 nitrogen and oxygen atoms in total. The van der Waals surface area contributed by atoms with Crippen LogP contribution in [-0.2, 0) is 19.6 Å². The van der Waals surface area contributed by atoms with Crippen LogP contribution in [0.15, 0.2) is 24.3 Å². The molecule has 23 heavy (non-hydrogen) atoms. The molecule has 1 atom stereocenters. The minimum absolute atomic E-state index is 0.0778. The number of unbranched alkanes of at least 4 members (excludes halogenated alkanes) is 1. The summed E-state index contributed by atoms with van der Waals surface area (Å²) in [6.07, 6.45) is 1.19. The normalized spacial score (nSPS) is 12.7. The number of benzene rings is 1. The molecule has 0 aliphatic rings. The number of carbonyl (C=O) groups excluding carboxylic acids is 2. The molecule has 1 aromatic rings. The highest BCUT2D eigenvalue weighted by Crippen LogP contribution is 2.05. The predicted octanol–water partition coefficient (Wildman–Crippen LogP) is 1.66. The second-order valence-electron chi connectivity index (χ2n) is 5.05. The van der Waals surface area contributed by atoms with Crippen LogP contribution in [0, 0.1) is 5.82 Å². The zero-order valence-electron chi connectivity index (χ0n) is 13.0. The number of halogens is 1. The van der Waals surface area contributed by atoms with E-state index < -0.39 is 40.2 Å². The average molecular weight is 345 g/mol. The molecule has 128 valence electrons. The molecular weight excluding hydrogens is 325 g/mol. The molecule has 0 heterocycles. The van der Waals surface area contributed by atoms with Gasteiger partial charge in [0.25, 0.3) is 0 Å². The minimum atomic E-state index is -3.57. The lowest BCUT2D eigenvalue weighted by Gasteiger charge is -2.13. The van der Waals surface area contributed by atoms with Crippen LogP contribution in [0.3, 0.4) is 0 Å². The Morgan fingerprint density at radius 1 is 1.35 bits per heavy atom. The van der Waals surface area contributed by atoms with Gasteiger partial charge in [0.1, 0.15) is 11.9 Å². The van der Waals surface area contributed by atoms with Crippen LogP contribution in [0.1, 0.15) is 37.0 Å². The molecule has 0 unspecified atom stereocenters. The van der Waals surface area contributed by atoms with E-state index in [1.54, 1.807) is 0 Å². The molecule has 0 saturated heterocycles. The monoisotopic (exact) mass is 345 g/mol. The molecule has 1 N–H and O–H groups in total. The molecule has 0 fully saturated rings. The Morgan fingerprint density at radius 2 is 2.04 bits per heavy atom. The second-order valence-corrected chi connectivity index (χ2v) is 6.93. The largest absolute Gasteiger partial charge is 0.456 e. The van der Waals surface area contributed by atoms with E-state index in [1.165, 1.54) is 25.1 Å². The molecule has 0 aromatic heterocycles. The Bertz CT molecular complexity index is 660. The van der Waals surface area contributed by atoms with Crippen molar-refractivity contribution in [2.75, 3.05) is 12.4 Å². The number of ether oxygens (including phenoxy) is 1. The van der Waals surface area contributed by atoms with Crippen LogP contribution in [0.25, 0.3) is 0 Å². The lowest BCUT2D eigenvalue weighted by atomic mass is 10.1. The van der Waals surface area contributed by atoms with Crippen LogP contribution in [0.5, 0.6) is 0 Å². The van der Waals surface area contributed by atoms with Crippen molar-refractivity contribution in [1.82, 2.24) is 4.72 Å². The number of hydrogen-bond donors (Lipinski definition) is 1. The second kappa shape index (κ2) is 8.73. The van der Waals surface area contributed by atoms with Crippen LogP contribution in [-0.4, -0.2) is 38.6 Å². The van der Waals surface area contributed by atoms with Gasteiger partial charge in [-0.3, -0.25) is 9.59 Å². The minimum Gasteiger partial charge on any atom is -0.456 e. The molecule has 0 aliphatic carbocycles. The summed E-state index contributed by atoms with van der Waals surface area (Å²) in [5.74, 6) is -2.09. The van der Waals surface area contributed by atoms with Gasteiger partial charge in [0, 0.05) is 5.56 Å². The number of rotatable bonds is 9. The van der Waals surface area contributed by atoms with Gasteiger partial charge < -0.3 is 4.74 Å². The maximum atomic E-state index is 13.0. The first kappa shape index (κ1) is 19.2. The summed E-state index contributed by atoms with van der Waals surface area (Å²) in [6, 6.07) is 3.89. The molecule has 8 heteroatoms. The van der Waals surface area contributed by atoms with Gasteiger partial charge in [-0.1, -0.05) is 25.5 Å². The van der Waals surface area contributed by atoms with Gasteiger partial charge >= 0.3 is 5.97 Å². The predicted molar refractivity (Wildman–Crippen MR) is 83.0 cm³/mol. The first-order valence-electron chi connectivity index (χ1n) is 7.20. The lowest BCUT2D eigenvalue weighted by molar-refractivity contribution is -0.144. The number of ketones is 1. The van der Waals surface area contributed by atoms with Crippen molar-refractivity contribution in [2.45, 2.75) is 32.7 Å². The van der Waals surface area contributed by atoms with Gasteiger partial charge in [0.05, 0.1) is 5.75 Å². The van der Waals surface area contributed by atoms with E-state index in [9.17, 15) is 22.4 Å². The van der Waals surface area contributed by atoms with Crippen LogP contribution < -0.4 is 4.72 Å². The Kier molecular flexibility index (Phi) is 7.31. The highest BCUT2D eigenvalue weighted by atomic mass is 32.2. The third-order valence-corrected chi connectivity index (χ3v) is 4.51. The fraction of sp³-hybridized carbons (Fsp3) is 0.467. The standard InChI is InChI=1S/C15H20FNO5S/c1-3-4-8-23(20,21)17-11(2)15(19)22-10-14(18)12-6-5-7-13(16)9-12/h5-7,9,11,17H,3-4,8,10H2,1-2H3/t11-/m0/s1. The number of Topliss-reactive ketones (excluding diaryl/α,β-unsaturated/α-hetero) is 1. The van der Waals surface area contributed by atoms with Crippen LogP contribution >= 0.6 is 0 Å². The van der Waals surface area contributed by atoms with Gasteiger partial charge in [0.2, 0.25) is 10.0 Å². The van der Waals surface area contributed by atoms with Crippen molar-refractivity contribution in [1.29, 1.82) is 0 Å². The molecule has 0 bridgehead atoms. The number of nitrogens with one attached hydrogen (secondary N) is 1. The van der Waals surface area contributed by atoms with E-state index in [2.05, 4.69) is 4.72 Å². The van der Waals surface area contributed by atoms with Crippen molar-refractivity contribution in [2.24, 2.45) is 0 Å². The van der Waals surface area contributed by atoms with Crippen molar-refractivity contribution in [3.8, 4) is 0 Å². The Labute approximate surface area is 135 Å². The summed E-state index contributed by atoms with van der Waals surface area (Å²) >= 11 is 0. The van der Waals surface area contributed by atoms with Crippen molar-refractivity contribution >= 4 is 21.8 Å². The third-order valence-electron chi connectivity index (χ3n) is 2.97. The first-order chi connectivity index (χ1) is 10.7. The SMILES string of the molecule is CCCCS(=O)(=O)N[C@@H](C)C(=O)OCC(=O)c1cccc(F)c1. The average Bonchev–Trinajstić information content (AvgIpc) is 2.49. The highest BCUT2D eigenvalue weighted by molar-refractivity contribution is 7.89. The smallest absolute Gasteiger partial charge is 0.324 e. The Hall–Kier alpha value is -1.80. The molecule has 0 spiro atoms. The summed E-state index contributed by atoms with van der Waals surface area (Å²) in [4.78, 5) is 23.5. The zero-order chi connectivity index (χ0) is 17.5. The van der Waals surface area contributed by atoms with E-state index in [4.69, 9.17) is 4.74 Å². The van der Waals surface area contributed by atoms with Crippen molar-refractivity contribution in [3.63, 3.8) is 0 Å². The van der Waals surface area contributed by atoms with Gasteiger partial charge in [-0.15, -0.1) is 0 Å². The van der Waals surface area contributed by atoms with Crippen LogP contribution in [0.4, 0.5) is 4.39 Å². The van der Waals surface area contributed by atoms with Crippen LogP contribution in [0.2, 0.25) is 0 Å². The summed E-state index contributed by atoms with van der Waals surface area (Å²) in [6.45, 7) is 2.60. The number of esters is 1. The van der Waals surface area contributed by atoms with Crippen molar-refractivity contribution in [3.05, 3.63) is 35.6 Å². The molecule has 0 aliphatic heterocycles. The zero-order valence-corrected chi connectivity index (χ0v) is 13.9. The Balaban J connectivity index is 2.51. The number of carbonyl (C=O) groups is 2. The van der Waals surface area contributed by atoms with E-state index >= 15 is 0 Å². The quantitative estimate of drug-likeness (QED) is 0.543. The molecule has 1 aromatic carbocycles. The molecule has 0 amide bonds. The first-order valence-corrected chi connectivity index (χ1v) is 8.86. The van der Waals surface area contributed by atoms with Gasteiger partial charge in [-0.2, -0.15) is 0 Å².